The molecule has 1 N–H and O–H groups in total. The summed E-state index contributed by atoms with van der Waals surface area (Å²) in [6.45, 7) is 5.59. The maximum absolute atomic E-state index is 4.05. The monoisotopic (exact) mass is 192 g/mol. The zero-order chi connectivity index (χ0) is 10.4. The molecule has 2 atom stereocenters. The number of nitrogens with zero attached hydrogens (tertiary/aromatic N) is 1. The van der Waals surface area contributed by atoms with Gasteiger partial charge in [-0.15, -0.1) is 0 Å². The van der Waals surface area contributed by atoms with Crippen molar-refractivity contribution in [3.8, 4) is 0 Å². The molecule has 0 saturated carbocycles. The van der Waals surface area contributed by atoms with Crippen molar-refractivity contribution in [3.05, 3.63) is 30.1 Å². The lowest BCUT2D eigenvalue weighted by Gasteiger charge is -2.22. The van der Waals surface area contributed by atoms with Crippen molar-refractivity contribution in [1.82, 2.24) is 10.3 Å². The van der Waals surface area contributed by atoms with E-state index in [1.807, 2.05) is 19.4 Å². The predicted molar refractivity (Wildman–Crippen MR) is 60.4 cm³/mol. The first-order valence-electron chi connectivity index (χ1n) is 5.34. The van der Waals surface area contributed by atoms with Gasteiger partial charge in [-0.25, -0.2) is 0 Å². The summed E-state index contributed by atoms with van der Waals surface area (Å²) in [5, 5.41) is 3.26. The molecule has 2 nitrogen and oxygen atoms in total. The van der Waals surface area contributed by atoms with Crippen LogP contribution >= 0.6 is 0 Å². The highest BCUT2D eigenvalue weighted by molar-refractivity contribution is 5.17. The molecule has 1 heterocycles. The van der Waals surface area contributed by atoms with Crippen LogP contribution in [0, 0.1) is 5.92 Å². The van der Waals surface area contributed by atoms with Crippen LogP contribution in [0.15, 0.2) is 24.5 Å². The average Bonchev–Trinajstić information content (AvgIpc) is 2.26. The van der Waals surface area contributed by atoms with Crippen LogP contribution in [0.2, 0.25) is 0 Å². The number of aromatic nitrogens is 1. The first-order chi connectivity index (χ1) is 6.79. The molecule has 0 bridgehead atoms. The maximum Gasteiger partial charge on any atom is 0.0270 e. The Morgan fingerprint density at radius 3 is 2.50 bits per heavy atom. The number of pyridine rings is 1. The van der Waals surface area contributed by atoms with Crippen molar-refractivity contribution in [3.63, 3.8) is 0 Å². The third-order valence-corrected chi connectivity index (χ3v) is 2.89. The molecule has 1 aromatic heterocycles. The minimum atomic E-state index is 0.605. The van der Waals surface area contributed by atoms with Gasteiger partial charge in [-0.3, -0.25) is 4.98 Å². The lowest BCUT2D eigenvalue weighted by Crippen LogP contribution is -2.22. The van der Waals surface area contributed by atoms with Crippen LogP contribution < -0.4 is 5.32 Å². The van der Waals surface area contributed by atoms with Crippen LogP contribution in [0.1, 0.15) is 31.7 Å². The number of nitrogens with one attached hydrogen (secondary N) is 1. The third-order valence-electron chi connectivity index (χ3n) is 2.89. The van der Waals surface area contributed by atoms with Crippen LogP contribution in [0.4, 0.5) is 0 Å². The van der Waals surface area contributed by atoms with Crippen molar-refractivity contribution in [2.75, 3.05) is 13.6 Å². The van der Waals surface area contributed by atoms with E-state index >= 15 is 0 Å². The predicted octanol–water partition coefficient (Wildman–Crippen LogP) is 2.43. The van der Waals surface area contributed by atoms with Crippen LogP contribution in [0.25, 0.3) is 0 Å². The van der Waals surface area contributed by atoms with E-state index in [0.29, 0.717) is 11.8 Å². The average molecular weight is 192 g/mol. The van der Waals surface area contributed by atoms with E-state index in [2.05, 4.69) is 36.3 Å². The van der Waals surface area contributed by atoms with Gasteiger partial charge in [0, 0.05) is 18.9 Å². The second-order valence-corrected chi connectivity index (χ2v) is 3.83. The van der Waals surface area contributed by atoms with E-state index in [1.54, 1.807) is 0 Å². The summed E-state index contributed by atoms with van der Waals surface area (Å²) in [6.07, 6.45) is 4.97. The Labute approximate surface area is 86.8 Å². The molecule has 0 aliphatic rings. The van der Waals surface area contributed by atoms with Gasteiger partial charge >= 0.3 is 0 Å². The molecule has 0 fully saturated rings. The quantitative estimate of drug-likeness (QED) is 0.775. The van der Waals surface area contributed by atoms with E-state index in [-0.39, 0.29) is 0 Å². The van der Waals surface area contributed by atoms with E-state index < -0.39 is 0 Å². The Balaban J connectivity index is 2.77. The normalized spacial score (nSPS) is 15.1. The lowest BCUT2D eigenvalue weighted by molar-refractivity contribution is 0.431. The van der Waals surface area contributed by atoms with Gasteiger partial charge in [-0.2, -0.15) is 0 Å². The van der Waals surface area contributed by atoms with Crippen LogP contribution in [0.5, 0.6) is 0 Å². The van der Waals surface area contributed by atoms with Gasteiger partial charge in [0.05, 0.1) is 0 Å². The standard InChI is InChI=1S/C12H20N2/c1-4-10(2)12(9-13-3)11-5-7-14-8-6-11/h5-8,10,12-13H,4,9H2,1-3H3. The largest absolute Gasteiger partial charge is 0.319 e. The van der Waals surface area contributed by atoms with Gasteiger partial charge in [-0.1, -0.05) is 20.3 Å². The highest BCUT2D eigenvalue weighted by Crippen LogP contribution is 2.25. The van der Waals surface area contributed by atoms with Crippen molar-refractivity contribution < 1.29 is 0 Å². The topological polar surface area (TPSA) is 24.9 Å². The summed E-state index contributed by atoms with van der Waals surface area (Å²) < 4.78 is 0. The zero-order valence-electron chi connectivity index (χ0n) is 9.33. The Morgan fingerprint density at radius 2 is 2.00 bits per heavy atom. The molecule has 0 aromatic carbocycles. The summed E-state index contributed by atoms with van der Waals surface area (Å²) in [5.74, 6) is 1.32. The summed E-state index contributed by atoms with van der Waals surface area (Å²) >= 11 is 0. The van der Waals surface area contributed by atoms with Crippen LogP contribution in [-0.2, 0) is 0 Å². The van der Waals surface area contributed by atoms with Crippen molar-refractivity contribution in [2.24, 2.45) is 5.92 Å². The lowest BCUT2D eigenvalue weighted by atomic mass is 9.86. The van der Waals surface area contributed by atoms with E-state index in [9.17, 15) is 0 Å². The summed E-state index contributed by atoms with van der Waals surface area (Å²) in [7, 11) is 2.01. The fraction of sp³-hybridized carbons (Fsp3) is 0.583. The summed E-state index contributed by atoms with van der Waals surface area (Å²) in [4.78, 5) is 4.05. The molecule has 0 amide bonds. The molecular formula is C12H20N2. The molecule has 0 spiro atoms. The second kappa shape index (κ2) is 5.76. The van der Waals surface area contributed by atoms with Crippen LogP contribution in [0.3, 0.4) is 0 Å². The van der Waals surface area contributed by atoms with Gasteiger partial charge in [-0.05, 0) is 36.6 Å². The fourth-order valence-corrected chi connectivity index (χ4v) is 1.76. The molecular weight excluding hydrogens is 172 g/mol. The van der Waals surface area contributed by atoms with E-state index in [4.69, 9.17) is 0 Å². The van der Waals surface area contributed by atoms with Gasteiger partial charge in [0.15, 0.2) is 0 Å². The molecule has 0 aliphatic heterocycles. The summed E-state index contributed by atoms with van der Waals surface area (Å²) in [5.41, 5.74) is 1.39. The van der Waals surface area contributed by atoms with Gasteiger partial charge in [0.1, 0.15) is 0 Å². The third kappa shape index (κ3) is 2.81. The highest BCUT2D eigenvalue weighted by atomic mass is 14.8. The fourth-order valence-electron chi connectivity index (χ4n) is 1.76. The first kappa shape index (κ1) is 11.2. The number of likely N-dealkylation sites (N-methyl/N-ethyl adjacent to an activating group) is 1. The van der Waals surface area contributed by atoms with E-state index in [1.165, 1.54) is 12.0 Å². The van der Waals surface area contributed by atoms with Gasteiger partial charge < -0.3 is 5.32 Å². The van der Waals surface area contributed by atoms with Gasteiger partial charge in [0.25, 0.3) is 0 Å². The Morgan fingerprint density at radius 1 is 1.36 bits per heavy atom. The van der Waals surface area contributed by atoms with E-state index in [0.717, 1.165) is 6.54 Å². The van der Waals surface area contributed by atoms with Crippen LogP contribution in [-0.4, -0.2) is 18.6 Å². The molecule has 2 heteroatoms. The second-order valence-electron chi connectivity index (χ2n) is 3.83. The van der Waals surface area contributed by atoms with Crippen molar-refractivity contribution >= 4 is 0 Å². The SMILES string of the molecule is CCC(C)C(CNC)c1ccncc1. The molecule has 14 heavy (non-hydrogen) atoms. The smallest absolute Gasteiger partial charge is 0.0270 e. The van der Waals surface area contributed by atoms with Gasteiger partial charge in [0.2, 0.25) is 0 Å². The maximum atomic E-state index is 4.05. The molecule has 1 aromatic rings. The number of hydrogen-bond acceptors (Lipinski definition) is 2. The highest BCUT2D eigenvalue weighted by Gasteiger charge is 2.16. The minimum absolute atomic E-state index is 0.605. The Kier molecular flexibility index (Phi) is 4.60. The first-order valence-corrected chi connectivity index (χ1v) is 5.34. The number of hydrogen-bond donors (Lipinski definition) is 1. The molecule has 1 rings (SSSR count). The molecule has 0 radical (unpaired) electrons. The molecule has 2 unspecified atom stereocenters. The van der Waals surface area contributed by atoms with Crippen molar-refractivity contribution in [1.29, 1.82) is 0 Å². The Bertz CT molecular complexity index is 246. The molecule has 0 aliphatic carbocycles. The summed E-state index contributed by atoms with van der Waals surface area (Å²) in [6, 6.07) is 4.24. The van der Waals surface area contributed by atoms with Crippen molar-refractivity contribution in [2.45, 2.75) is 26.2 Å². The zero-order valence-corrected chi connectivity index (χ0v) is 9.33. The minimum Gasteiger partial charge on any atom is -0.319 e. The Hall–Kier alpha value is -0.890. The molecule has 0 saturated heterocycles. The molecule has 78 valence electrons. The number of rotatable bonds is 5.